The van der Waals surface area contributed by atoms with Crippen LogP contribution in [0.15, 0.2) is 30.3 Å². The van der Waals surface area contributed by atoms with Gasteiger partial charge in [0.2, 0.25) is 5.75 Å². The summed E-state index contributed by atoms with van der Waals surface area (Å²) >= 11 is 0. The van der Waals surface area contributed by atoms with Crippen molar-refractivity contribution >= 4 is 5.78 Å². The van der Waals surface area contributed by atoms with Gasteiger partial charge in [0, 0.05) is 11.6 Å². The van der Waals surface area contributed by atoms with E-state index in [0.29, 0.717) is 34.1 Å². The van der Waals surface area contributed by atoms with Crippen LogP contribution in [-0.2, 0) is 0 Å². The summed E-state index contributed by atoms with van der Waals surface area (Å²) in [5.74, 6) is 1.22. The number of carbonyl (C=O) groups excluding carboxylic acids is 1. The summed E-state index contributed by atoms with van der Waals surface area (Å²) in [6.45, 7) is 0.154. The van der Waals surface area contributed by atoms with E-state index < -0.39 is 5.92 Å². The lowest BCUT2D eigenvalue weighted by Crippen LogP contribution is -2.26. The number of benzene rings is 2. The molecule has 1 atom stereocenters. The van der Waals surface area contributed by atoms with Crippen LogP contribution in [0.4, 0.5) is 0 Å². The van der Waals surface area contributed by atoms with Crippen LogP contribution in [-0.4, -0.2) is 38.8 Å². The van der Waals surface area contributed by atoms with Gasteiger partial charge in [0.05, 0.1) is 32.8 Å². The normalized spacial score (nSPS) is 16.1. The second-order valence-corrected chi connectivity index (χ2v) is 5.33. The smallest absolute Gasteiger partial charge is 0.203 e. The van der Waals surface area contributed by atoms with Crippen molar-refractivity contribution in [3.8, 4) is 28.7 Å². The molecule has 6 heteroatoms. The van der Waals surface area contributed by atoms with Gasteiger partial charge in [-0.2, -0.15) is 0 Å². The Hall–Kier alpha value is -2.89. The summed E-state index contributed by atoms with van der Waals surface area (Å²) in [4.78, 5) is 12.9. The van der Waals surface area contributed by atoms with Gasteiger partial charge >= 0.3 is 0 Å². The van der Waals surface area contributed by atoms with Crippen LogP contribution in [0.2, 0.25) is 0 Å². The first kappa shape index (κ1) is 16.0. The van der Waals surface area contributed by atoms with E-state index in [2.05, 4.69) is 0 Å². The summed E-state index contributed by atoms with van der Waals surface area (Å²) in [7, 11) is 4.57. The maximum Gasteiger partial charge on any atom is 0.203 e. The molecule has 0 amide bonds. The fraction of sp³-hybridized carbons (Fsp3) is 0.278. The molecule has 0 fully saturated rings. The highest BCUT2D eigenvalue weighted by Crippen LogP contribution is 2.45. The molecule has 0 bridgehead atoms. The van der Waals surface area contributed by atoms with Gasteiger partial charge in [0.15, 0.2) is 17.3 Å². The van der Waals surface area contributed by atoms with Crippen molar-refractivity contribution in [2.75, 3.05) is 27.9 Å². The number of carbonyl (C=O) groups is 1. The molecule has 1 N–H and O–H groups in total. The molecule has 0 spiro atoms. The summed E-state index contributed by atoms with van der Waals surface area (Å²) < 4.78 is 21.8. The number of hydrogen-bond donors (Lipinski definition) is 1. The molecule has 126 valence electrons. The Morgan fingerprint density at radius 2 is 1.79 bits per heavy atom. The van der Waals surface area contributed by atoms with Gasteiger partial charge in [0.1, 0.15) is 18.1 Å². The quantitative estimate of drug-likeness (QED) is 0.929. The second kappa shape index (κ2) is 6.31. The Kier molecular flexibility index (Phi) is 4.20. The van der Waals surface area contributed by atoms with Crippen LogP contribution >= 0.6 is 0 Å². The van der Waals surface area contributed by atoms with Gasteiger partial charge in [-0.1, -0.05) is 6.07 Å². The van der Waals surface area contributed by atoms with E-state index in [1.165, 1.54) is 33.5 Å². The molecular formula is C18H18O6. The van der Waals surface area contributed by atoms with E-state index in [4.69, 9.17) is 18.9 Å². The van der Waals surface area contributed by atoms with Crippen LogP contribution in [0.5, 0.6) is 28.7 Å². The Balaban J connectivity index is 2.07. The minimum atomic E-state index is -0.531. The van der Waals surface area contributed by atoms with Crippen molar-refractivity contribution in [2.24, 2.45) is 0 Å². The number of hydrogen-bond acceptors (Lipinski definition) is 6. The predicted molar refractivity (Wildman–Crippen MR) is 86.8 cm³/mol. The molecule has 0 radical (unpaired) electrons. The zero-order chi connectivity index (χ0) is 17.3. The first-order chi connectivity index (χ1) is 11.6. The van der Waals surface area contributed by atoms with E-state index in [1.54, 1.807) is 18.2 Å². The van der Waals surface area contributed by atoms with Crippen LogP contribution in [0, 0.1) is 0 Å². The highest BCUT2D eigenvalue weighted by atomic mass is 16.5. The zero-order valence-electron chi connectivity index (χ0n) is 13.7. The molecular weight excluding hydrogens is 312 g/mol. The molecule has 3 rings (SSSR count). The lowest BCUT2D eigenvalue weighted by Gasteiger charge is -2.26. The van der Waals surface area contributed by atoms with Gasteiger partial charge in [-0.05, 0) is 18.2 Å². The topological polar surface area (TPSA) is 74.2 Å². The molecule has 0 aromatic heterocycles. The summed E-state index contributed by atoms with van der Waals surface area (Å²) in [5, 5.41) is 9.52. The van der Waals surface area contributed by atoms with Crippen LogP contribution in [0.3, 0.4) is 0 Å². The predicted octanol–water partition coefficient (Wildman–Crippen LogP) is 2.78. The van der Waals surface area contributed by atoms with Gasteiger partial charge in [-0.25, -0.2) is 0 Å². The highest BCUT2D eigenvalue weighted by Gasteiger charge is 2.34. The van der Waals surface area contributed by atoms with Gasteiger partial charge < -0.3 is 24.1 Å². The maximum absolute atomic E-state index is 12.9. The summed E-state index contributed by atoms with van der Waals surface area (Å²) in [6.07, 6.45) is 0. The minimum Gasteiger partial charge on any atom is -0.508 e. The molecule has 2 aromatic carbocycles. The number of rotatable bonds is 4. The molecule has 6 nitrogen and oxygen atoms in total. The number of ketones is 1. The molecule has 2 aromatic rings. The third-order valence-corrected chi connectivity index (χ3v) is 4.06. The largest absolute Gasteiger partial charge is 0.508 e. The van der Waals surface area contributed by atoms with Gasteiger partial charge in [0.25, 0.3) is 0 Å². The molecule has 0 unspecified atom stereocenters. The Morgan fingerprint density at radius 3 is 2.46 bits per heavy atom. The minimum absolute atomic E-state index is 0.0590. The molecule has 0 saturated heterocycles. The molecule has 0 saturated carbocycles. The van der Waals surface area contributed by atoms with E-state index in [0.717, 1.165) is 0 Å². The zero-order valence-corrected chi connectivity index (χ0v) is 13.7. The number of methoxy groups -OCH3 is 3. The van der Waals surface area contributed by atoms with Gasteiger partial charge in [-0.15, -0.1) is 0 Å². The van der Waals surface area contributed by atoms with Crippen LogP contribution in [0.25, 0.3) is 0 Å². The number of Topliss-reactive ketones (excluding diaryl/α,β-unsaturated/α-hetero) is 1. The lowest BCUT2D eigenvalue weighted by atomic mass is 9.88. The summed E-state index contributed by atoms with van der Waals surface area (Å²) in [5.41, 5.74) is 1.10. The van der Waals surface area contributed by atoms with Crippen molar-refractivity contribution in [1.29, 1.82) is 0 Å². The van der Waals surface area contributed by atoms with E-state index in [-0.39, 0.29) is 18.1 Å². The van der Waals surface area contributed by atoms with E-state index in [9.17, 15) is 9.90 Å². The van der Waals surface area contributed by atoms with Crippen molar-refractivity contribution in [3.05, 3.63) is 41.5 Å². The fourth-order valence-electron chi connectivity index (χ4n) is 2.90. The average Bonchev–Trinajstić information content (AvgIpc) is 2.60. The number of fused-ring (bicyclic) bond motifs is 1. The maximum atomic E-state index is 12.9. The van der Waals surface area contributed by atoms with Crippen molar-refractivity contribution in [2.45, 2.75) is 5.92 Å². The Bertz CT molecular complexity index is 783. The van der Waals surface area contributed by atoms with Crippen LogP contribution in [0.1, 0.15) is 21.8 Å². The Morgan fingerprint density at radius 1 is 1.04 bits per heavy atom. The molecule has 0 aliphatic carbocycles. The van der Waals surface area contributed by atoms with E-state index >= 15 is 0 Å². The monoisotopic (exact) mass is 330 g/mol. The van der Waals surface area contributed by atoms with Crippen molar-refractivity contribution in [3.63, 3.8) is 0 Å². The fourth-order valence-corrected chi connectivity index (χ4v) is 2.90. The molecule has 24 heavy (non-hydrogen) atoms. The number of phenols is 1. The Labute approximate surface area is 139 Å². The number of ether oxygens (including phenoxy) is 4. The second-order valence-electron chi connectivity index (χ2n) is 5.33. The molecule has 1 heterocycles. The highest BCUT2D eigenvalue weighted by molar-refractivity contribution is 6.04. The average molecular weight is 330 g/mol. The van der Waals surface area contributed by atoms with Crippen LogP contribution < -0.4 is 18.9 Å². The molecule has 1 aliphatic rings. The SMILES string of the molecule is COc1ccc([C@H]2COc3cc(O)ccc3C2=O)c(OC)c1OC. The first-order valence-electron chi connectivity index (χ1n) is 7.39. The van der Waals surface area contributed by atoms with E-state index in [1.807, 2.05) is 0 Å². The number of aromatic hydroxyl groups is 1. The lowest BCUT2D eigenvalue weighted by molar-refractivity contribution is 0.0893. The third kappa shape index (κ3) is 2.50. The van der Waals surface area contributed by atoms with Crippen molar-refractivity contribution in [1.82, 2.24) is 0 Å². The standard InChI is InChI=1S/C18H18O6/c1-21-14-7-6-11(17(22-2)18(14)23-3)13-9-24-15-8-10(19)4-5-12(15)16(13)20/h4-8,13,19H,9H2,1-3H3/t13-/m1/s1. The van der Waals surface area contributed by atoms with Gasteiger partial charge in [-0.3, -0.25) is 4.79 Å². The number of phenolic OH excluding ortho intramolecular Hbond substituents is 1. The first-order valence-corrected chi connectivity index (χ1v) is 7.39. The third-order valence-electron chi connectivity index (χ3n) is 4.06. The molecule has 1 aliphatic heterocycles. The summed E-state index contributed by atoms with van der Waals surface area (Å²) in [6, 6.07) is 7.98. The van der Waals surface area contributed by atoms with Crippen molar-refractivity contribution < 1.29 is 28.8 Å².